The van der Waals surface area contributed by atoms with Gasteiger partial charge in [-0.15, -0.1) is 0 Å². The minimum absolute atomic E-state index is 0.258. The Labute approximate surface area is 75.5 Å². The van der Waals surface area contributed by atoms with E-state index in [4.69, 9.17) is 11.6 Å². The molecule has 1 fully saturated rings. The van der Waals surface area contributed by atoms with Gasteiger partial charge in [0.25, 0.3) is 0 Å². The Morgan fingerprint density at radius 2 is 2.25 bits per heavy atom. The molecule has 2 rings (SSSR count). The van der Waals surface area contributed by atoms with Gasteiger partial charge in [0.2, 0.25) is 0 Å². The van der Waals surface area contributed by atoms with Gasteiger partial charge in [-0.2, -0.15) is 0 Å². The quantitative estimate of drug-likeness (QED) is 0.709. The lowest BCUT2D eigenvalue weighted by molar-refractivity contribution is 0.382. The normalized spacial score (nSPS) is 22.0. The molecule has 0 spiro atoms. The third-order valence-corrected chi connectivity index (χ3v) is 2.58. The van der Waals surface area contributed by atoms with Crippen LogP contribution in [0.25, 0.3) is 0 Å². The lowest BCUT2D eigenvalue weighted by Gasteiger charge is -2.28. The summed E-state index contributed by atoms with van der Waals surface area (Å²) in [4.78, 5) is 0. The Balaban J connectivity index is 2.36. The summed E-state index contributed by atoms with van der Waals surface area (Å²) in [5, 5.41) is 3.44. The summed E-state index contributed by atoms with van der Waals surface area (Å²) in [7, 11) is 0. The van der Waals surface area contributed by atoms with Crippen LogP contribution in [-0.4, -0.2) is 6.54 Å². The minimum Gasteiger partial charge on any atom is -0.310 e. The average Bonchev–Trinajstić information content (AvgIpc) is 1.95. The highest BCUT2D eigenvalue weighted by molar-refractivity contribution is 6.31. The van der Waals surface area contributed by atoms with E-state index in [2.05, 4.69) is 5.32 Å². The van der Waals surface area contributed by atoms with Crippen molar-refractivity contribution in [3.63, 3.8) is 0 Å². The zero-order chi connectivity index (χ0) is 8.55. The summed E-state index contributed by atoms with van der Waals surface area (Å²) in [6, 6.07) is 5.19. The average molecular weight is 186 g/mol. The van der Waals surface area contributed by atoms with E-state index >= 15 is 0 Å². The third-order valence-electron chi connectivity index (χ3n) is 2.18. The molecule has 64 valence electrons. The van der Waals surface area contributed by atoms with Crippen molar-refractivity contribution in [1.29, 1.82) is 0 Å². The van der Waals surface area contributed by atoms with Gasteiger partial charge in [-0.1, -0.05) is 23.7 Å². The van der Waals surface area contributed by atoms with Crippen molar-refractivity contribution >= 4 is 11.6 Å². The van der Waals surface area contributed by atoms with E-state index in [-0.39, 0.29) is 16.9 Å². The first kappa shape index (κ1) is 8.02. The molecule has 0 bridgehead atoms. The molecule has 0 radical (unpaired) electrons. The molecule has 0 amide bonds. The first-order valence-corrected chi connectivity index (χ1v) is 4.34. The molecule has 0 aliphatic carbocycles. The van der Waals surface area contributed by atoms with Gasteiger partial charge >= 0.3 is 0 Å². The summed E-state index contributed by atoms with van der Waals surface area (Å²) in [5.41, 5.74) is 0.878. The molecule has 1 unspecified atom stereocenters. The number of benzene rings is 1. The van der Waals surface area contributed by atoms with E-state index < -0.39 is 0 Å². The van der Waals surface area contributed by atoms with Gasteiger partial charge in [-0.05, 0) is 24.6 Å². The first-order valence-electron chi connectivity index (χ1n) is 3.96. The largest absolute Gasteiger partial charge is 0.310 e. The van der Waals surface area contributed by atoms with Crippen LogP contribution >= 0.6 is 11.6 Å². The Hall–Kier alpha value is -0.600. The molecule has 0 aromatic heterocycles. The van der Waals surface area contributed by atoms with Gasteiger partial charge in [0, 0.05) is 6.04 Å². The van der Waals surface area contributed by atoms with Crippen molar-refractivity contribution in [3.05, 3.63) is 34.6 Å². The smallest absolute Gasteiger partial charge is 0.142 e. The molecule has 12 heavy (non-hydrogen) atoms. The first-order chi connectivity index (χ1) is 5.79. The molecule has 1 N–H and O–H groups in total. The Morgan fingerprint density at radius 1 is 1.50 bits per heavy atom. The molecule has 1 aliphatic rings. The van der Waals surface area contributed by atoms with E-state index in [9.17, 15) is 4.39 Å². The second kappa shape index (κ2) is 3.04. The van der Waals surface area contributed by atoms with Gasteiger partial charge < -0.3 is 5.32 Å². The fraction of sp³-hybridized carbons (Fsp3) is 0.333. The molecule has 1 nitrogen and oxygen atoms in total. The summed E-state index contributed by atoms with van der Waals surface area (Å²) in [6.07, 6.45) is 1.04. The van der Waals surface area contributed by atoms with Crippen molar-refractivity contribution in [1.82, 2.24) is 5.32 Å². The molecule has 1 aromatic rings. The van der Waals surface area contributed by atoms with E-state index in [0.717, 1.165) is 18.5 Å². The highest BCUT2D eigenvalue weighted by atomic mass is 35.5. The van der Waals surface area contributed by atoms with E-state index in [0.29, 0.717) is 0 Å². The second-order valence-electron chi connectivity index (χ2n) is 2.94. The van der Waals surface area contributed by atoms with Crippen LogP contribution in [0.1, 0.15) is 18.0 Å². The van der Waals surface area contributed by atoms with Crippen LogP contribution in [0.4, 0.5) is 4.39 Å². The molecular formula is C9H9ClFN. The van der Waals surface area contributed by atoms with Crippen LogP contribution in [0.2, 0.25) is 5.02 Å². The van der Waals surface area contributed by atoms with Crippen molar-refractivity contribution < 1.29 is 4.39 Å². The van der Waals surface area contributed by atoms with Crippen molar-refractivity contribution in [2.45, 2.75) is 12.5 Å². The van der Waals surface area contributed by atoms with E-state index in [1.807, 2.05) is 6.07 Å². The SMILES string of the molecule is Fc1cccc(C2CCN2)c1Cl. The number of nitrogens with one attached hydrogen (secondary N) is 1. The van der Waals surface area contributed by atoms with Crippen molar-refractivity contribution in [3.8, 4) is 0 Å². The van der Waals surface area contributed by atoms with Crippen molar-refractivity contribution in [2.24, 2.45) is 0 Å². The molecule has 1 heterocycles. The van der Waals surface area contributed by atoms with Crippen LogP contribution in [0.3, 0.4) is 0 Å². The van der Waals surface area contributed by atoms with Crippen molar-refractivity contribution in [2.75, 3.05) is 6.54 Å². The number of hydrogen-bond acceptors (Lipinski definition) is 1. The summed E-state index contributed by atoms with van der Waals surface area (Å²) in [5.74, 6) is -0.331. The van der Waals surface area contributed by atoms with Crippen LogP contribution in [0.5, 0.6) is 0 Å². The Bertz CT molecular complexity index is 297. The van der Waals surface area contributed by atoms with Crippen LogP contribution in [0, 0.1) is 5.82 Å². The predicted octanol–water partition coefficient (Wildman–Crippen LogP) is 2.51. The third kappa shape index (κ3) is 1.21. The lowest BCUT2D eigenvalue weighted by Crippen LogP contribution is -2.35. The highest BCUT2D eigenvalue weighted by Gasteiger charge is 2.21. The summed E-state index contributed by atoms with van der Waals surface area (Å²) >= 11 is 5.79. The molecule has 1 aromatic carbocycles. The van der Waals surface area contributed by atoms with Gasteiger partial charge in [-0.3, -0.25) is 0 Å². The molecular weight excluding hydrogens is 177 g/mol. The Kier molecular flexibility index (Phi) is 2.03. The zero-order valence-corrected chi connectivity index (χ0v) is 7.24. The molecule has 0 saturated carbocycles. The van der Waals surface area contributed by atoms with E-state index in [1.165, 1.54) is 6.07 Å². The molecule has 1 aliphatic heterocycles. The molecule has 3 heteroatoms. The molecule has 1 saturated heterocycles. The number of halogens is 2. The second-order valence-corrected chi connectivity index (χ2v) is 3.32. The van der Waals surface area contributed by atoms with Crippen LogP contribution < -0.4 is 5.32 Å². The molecule has 1 atom stereocenters. The number of hydrogen-bond donors (Lipinski definition) is 1. The maximum atomic E-state index is 12.9. The topological polar surface area (TPSA) is 12.0 Å². The van der Waals surface area contributed by atoms with Gasteiger partial charge in [0.05, 0.1) is 5.02 Å². The van der Waals surface area contributed by atoms with Crippen LogP contribution in [0.15, 0.2) is 18.2 Å². The monoisotopic (exact) mass is 185 g/mol. The fourth-order valence-corrected chi connectivity index (χ4v) is 1.60. The zero-order valence-electron chi connectivity index (χ0n) is 6.48. The summed E-state index contributed by atoms with van der Waals surface area (Å²) < 4.78 is 12.9. The maximum absolute atomic E-state index is 12.9. The maximum Gasteiger partial charge on any atom is 0.142 e. The van der Waals surface area contributed by atoms with E-state index in [1.54, 1.807) is 6.07 Å². The fourth-order valence-electron chi connectivity index (χ4n) is 1.34. The lowest BCUT2D eigenvalue weighted by atomic mass is 9.98. The summed E-state index contributed by atoms with van der Waals surface area (Å²) in [6.45, 7) is 0.998. The highest BCUT2D eigenvalue weighted by Crippen LogP contribution is 2.30. The predicted molar refractivity (Wildman–Crippen MR) is 46.8 cm³/mol. The minimum atomic E-state index is -0.331. The van der Waals surface area contributed by atoms with Crippen LogP contribution in [-0.2, 0) is 0 Å². The standard InChI is InChI=1S/C9H9ClFN/c10-9-6(8-4-5-12-8)2-1-3-7(9)11/h1-3,8,12H,4-5H2. The number of rotatable bonds is 1. The van der Waals surface area contributed by atoms with Gasteiger partial charge in [0.1, 0.15) is 5.82 Å². The Morgan fingerprint density at radius 3 is 2.83 bits per heavy atom. The van der Waals surface area contributed by atoms with Gasteiger partial charge in [-0.25, -0.2) is 4.39 Å². The van der Waals surface area contributed by atoms with Gasteiger partial charge in [0.15, 0.2) is 0 Å².